The molecule has 2 rings (SSSR count). The summed E-state index contributed by atoms with van der Waals surface area (Å²) >= 11 is 3.50. The van der Waals surface area contributed by atoms with Crippen LogP contribution in [-0.4, -0.2) is 4.98 Å². The third-order valence-corrected chi connectivity index (χ3v) is 2.77. The topological polar surface area (TPSA) is 12.9 Å². The Morgan fingerprint density at radius 3 is 2.77 bits per heavy atom. The molecule has 0 atom stereocenters. The van der Waals surface area contributed by atoms with E-state index in [0.29, 0.717) is 0 Å². The molecular weight excluding hydrogens is 226 g/mol. The molecular formula is C11H10BrN. The van der Waals surface area contributed by atoms with Crippen LogP contribution >= 0.6 is 15.9 Å². The Labute approximate surface area is 85.9 Å². The Kier molecular flexibility index (Phi) is 2.08. The minimum Gasteiger partial charge on any atom is -0.252 e. The molecule has 1 aromatic heterocycles. The van der Waals surface area contributed by atoms with Gasteiger partial charge in [-0.15, -0.1) is 0 Å². The van der Waals surface area contributed by atoms with Crippen molar-refractivity contribution in [3.8, 4) is 0 Å². The molecule has 0 spiro atoms. The highest BCUT2D eigenvalue weighted by Gasteiger charge is 2.02. The van der Waals surface area contributed by atoms with Gasteiger partial charge >= 0.3 is 0 Å². The van der Waals surface area contributed by atoms with Gasteiger partial charge in [-0.25, -0.2) is 0 Å². The normalized spacial score (nSPS) is 10.7. The van der Waals surface area contributed by atoms with Crippen LogP contribution in [0.15, 0.2) is 28.7 Å². The zero-order valence-electron chi connectivity index (χ0n) is 7.63. The smallest absolute Gasteiger partial charge is 0.0849 e. The first-order valence-electron chi connectivity index (χ1n) is 4.21. The van der Waals surface area contributed by atoms with Crippen LogP contribution in [0.5, 0.6) is 0 Å². The van der Waals surface area contributed by atoms with E-state index in [-0.39, 0.29) is 0 Å². The van der Waals surface area contributed by atoms with Gasteiger partial charge in [0.05, 0.1) is 5.52 Å². The van der Waals surface area contributed by atoms with Gasteiger partial charge in [-0.05, 0) is 47.5 Å². The average molecular weight is 236 g/mol. The van der Waals surface area contributed by atoms with Gasteiger partial charge in [0.25, 0.3) is 0 Å². The maximum Gasteiger partial charge on any atom is 0.0849 e. The summed E-state index contributed by atoms with van der Waals surface area (Å²) in [6.07, 6.45) is 0. The quantitative estimate of drug-likeness (QED) is 0.680. The molecule has 0 aliphatic carbocycles. The molecule has 0 amide bonds. The number of nitrogens with zero attached hydrogens (tertiary/aromatic N) is 1. The fourth-order valence-corrected chi connectivity index (χ4v) is 2.00. The Hall–Kier alpha value is -0.890. The molecule has 0 radical (unpaired) electrons. The number of rotatable bonds is 0. The summed E-state index contributed by atoms with van der Waals surface area (Å²) < 4.78 is 1.07. The first-order chi connectivity index (χ1) is 6.18. The van der Waals surface area contributed by atoms with E-state index in [4.69, 9.17) is 0 Å². The number of fused-ring (bicyclic) bond motifs is 1. The molecule has 1 nitrogen and oxygen atoms in total. The van der Waals surface area contributed by atoms with E-state index in [1.54, 1.807) is 0 Å². The van der Waals surface area contributed by atoms with Crippen LogP contribution in [0.3, 0.4) is 0 Å². The Bertz CT molecular complexity index is 463. The van der Waals surface area contributed by atoms with Crippen molar-refractivity contribution in [1.29, 1.82) is 0 Å². The zero-order valence-corrected chi connectivity index (χ0v) is 9.22. The summed E-state index contributed by atoms with van der Waals surface area (Å²) in [6.45, 7) is 4.13. The second-order valence-electron chi connectivity index (χ2n) is 3.22. The average Bonchev–Trinajstić information content (AvgIpc) is 2.07. The fraction of sp³-hybridized carbons (Fsp3) is 0.182. The van der Waals surface area contributed by atoms with E-state index in [0.717, 1.165) is 15.7 Å². The van der Waals surface area contributed by atoms with Gasteiger partial charge in [0, 0.05) is 15.6 Å². The SMILES string of the molecule is Cc1cc(C)c2cccc(Br)c2n1. The third kappa shape index (κ3) is 1.46. The fourth-order valence-electron chi connectivity index (χ4n) is 1.55. The van der Waals surface area contributed by atoms with Gasteiger partial charge in [-0.3, -0.25) is 4.98 Å². The van der Waals surface area contributed by atoms with Gasteiger partial charge in [0.2, 0.25) is 0 Å². The lowest BCUT2D eigenvalue weighted by Gasteiger charge is -2.04. The maximum atomic E-state index is 4.49. The molecule has 2 heteroatoms. The van der Waals surface area contributed by atoms with E-state index in [1.807, 2.05) is 19.1 Å². The Morgan fingerprint density at radius 1 is 1.23 bits per heavy atom. The lowest BCUT2D eigenvalue weighted by molar-refractivity contribution is 1.23. The molecule has 13 heavy (non-hydrogen) atoms. The predicted molar refractivity (Wildman–Crippen MR) is 58.9 cm³/mol. The highest BCUT2D eigenvalue weighted by atomic mass is 79.9. The van der Waals surface area contributed by atoms with E-state index >= 15 is 0 Å². The number of aryl methyl sites for hydroxylation is 2. The lowest BCUT2D eigenvalue weighted by Crippen LogP contribution is -1.87. The van der Waals surface area contributed by atoms with Crippen LogP contribution in [0.1, 0.15) is 11.3 Å². The molecule has 0 saturated carbocycles. The zero-order chi connectivity index (χ0) is 9.42. The largest absolute Gasteiger partial charge is 0.252 e. The van der Waals surface area contributed by atoms with Crippen molar-refractivity contribution >= 4 is 26.8 Å². The molecule has 0 unspecified atom stereocenters. The van der Waals surface area contributed by atoms with Crippen LogP contribution in [0.2, 0.25) is 0 Å². The number of para-hydroxylation sites is 1. The second kappa shape index (κ2) is 3.11. The van der Waals surface area contributed by atoms with Crippen LogP contribution in [0.4, 0.5) is 0 Å². The molecule has 0 aliphatic rings. The predicted octanol–water partition coefficient (Wildman–Crippen LogP) is 3.61. The van der Waals surface area contributed by atoms with Gasteiger partial charge in [-0.2, -0.15) is 0 Å². The van der Waals surface area contributed by atoms with Gasteiger partial charge in [0.15, 0.2) is 0 Å². The van der Waals surface area contributed by atoms with Crippen LogP contribution in [0, 0.1) is 13.8 Å². The molecule has 1 heterocycles. The van der Waals surface area contributed by atoms with Gasteiger partial charge < -0.3 is 0 Å². The van der Waals surface area contributed by atoms with Crippen LogP contribution in [0.25, 0.3) is 10.9 Å². The summed E-state index contributed by atoms with van der Waals surface area (Å²) in [5.74, 6) is 0. The lowest BCUT2D eigenvalue weighted by atomic mass is 10.1. The molecule has 66 valence electrons. The summed E-state index contributed by atoms with van der Waals surface area (Å²) in [5.41, 5.74) is 3.40. The molecule has 0 aliphatic heterocycles. The molecule has 1 aromatic carbocycles. The van der Waals surface area contributed by atoms with Crippen LogP contribution < -0.4 is 0 Å². The first-order valence-corrected chi connectivity index (χ1v) is 5.00. The first kappa shape index (κ1) is 8.70. The summed E-state index contributed by atoms with van der Waals surface area (Å²) in [5, 5.41) is 1.22. The second-order valence-corrected chi connectivity index (χ2v) is 4.07. The van der Waals surface area contributed by atoms with Crippen molar-refractivity contribution < 1.29 is 0 Å². The number of hydrogen-bond acceptors (Lipinski definition) is 1. The monoisotopic (exact) mass is 235 g/mol. The number of pyridine rings is 1. The van der Waals surface area contributed by atoms with Crippen molar-refractivity contribution in [3.63, 3.8) is 0 Å². The molecule has 0 N–H and O–H groups in total. The third-order valence-electron chi connectivity index (χ3n) is 2.13. The summed E-state index contributed by atoms with van der Waals surface area (Å²) in [6, 6.07) is 8.27. The summed E-state index contributed by atoms with van der Waals surface area (Å²) in [7, 11) is 0. The van der Waals surface area contributed by atoms with Gasteiger partial charge in [0.1, 0.15) is 0 Å². The highest BCUT2D eigenvalue weighted by molar-refractivity contribution is 9.10. The Morgan fingerprint density at radius 2 is 2.00 bits per heavy atom. The van der Waals surface area contributed by atoms with E-state index in [9.17, 15) is 0 Å². The van der Waals surface area contributed by atoms with E-state index < -0.39 is 0 Å². The summed E-state index contributed by atoms with van der Waals surface area (Å²) in [4.78, 5) is 4.49. The molecule has 0 bridgehead atoms. The number of halogens is 1. The van der Waals surface area contributed by atoms with Gasteiger partial charge in [-0.1, -0.05) is 12.1 Å². The number of aromatic nitrogens is 1. The molecule has 2 aromatic rings. The van der Waals surface area contributed by atoms with Crippen molar-refractivity contribution in [2.24, 2.45) is 0 Å². The minimum atomic E-state index is 1.06. The number of hydrogen-bond donors (Lipinski definition) is 0. The van der Waals surface area contributed by atoms with E-state index in [1.165, 1.54) is 10.9 Å². The van der Waals surface area contributed by atoms with E-state index in [2.05, 4.69) is 40.0 Å². The molecule has 0 saturated heterocycles. The number of benzene rings is 1. The Balaban J connectivity index is 2.94. The highest BCUT2D eigenvalue weighted by Crippen LogP contribution is 2.24. The van der Waals surface area contributed by atoms with Crippen molar-refractivity contribution in [1.82, 2.24) is 4.98 Å². The van der Waals surface area contributed by atoms with Crippen LogP contribution in [-0.2, 0) is 0 Å². The van der Waals surface area contributed by atoms with Crippen molar-refractivity contribution in [2.75, 3.05) is 0 Å². The minimum absolute atomic E-state index is 1.06. The molecule has 0 fully saturated rings. The standard InChI is InChI=1S/C11H10BrN/c1-7-6-8(2)13-11-9(7)4-3-5-10(11)12/h3-6H,1-2H3. The van der Waals surface area contributed by atoms with Crippen molar-refractivity contribution in [3.05, 3.63) is 40.0 Å². The maximum absolute atomic E-state index is 4.49. The van der Waals surface area contributed by atoms with Crippen molar-refractivity contribution in [2.45, 2.75) is 13.8 Å².